The van der Waals surface area contributed by atoms with Gasteiger partial charge in [-0.25, -0.2) is 4.79 Å². The van der Waals surface area contributed by atoms with E-state index in [0.717, 1.165) is 6.42 Å². The van der Waals surface area contributed by atoms with Gasteiger partial charge in [0.1, 0.15) is 0 Å². The second-order valence-electron chi connectivity index (χ2n) is 4.12. The van der Waals surface area contributed by atoms with E-state index in [1.807, 2.05) is 27.7 Å². The third kappa shape index (κ3) is 1.34. The van der Waals surface area contributed by atoms with Crippen molar-refractivity contribution in [2.24, 2.45) is 11.3 Å². The normalized spacial score (nSPS) is 22.5. The zero-order chi connectivity index (χ0) is 10.3. The summed E-state index contributed by atoms with van der Waals surface area (Å²) in [5, 5.41) is 8.93. The van der Waals surface area contributed by atoms with Crippen LogP contribution in [0.5, 0.6) is 0 Å². The summed E-state index contributed by atoms with van der Waals surface area (Å²) in [6.07, 6.45) is 0.898. The zero-order valence-electron chi connectivity index (χ0n) is 8.46. The fourth-order valence-electron chi connectivity index (χ4n) is 1.44. The van der Waals surface area contributed by atoms with Gasteiger partial charge >= 0.3 is 11.8 Å². The summed E-state index contributed by atoms with van der Waals surface area (Å²) >= 11 is 0. The van der Waals surface area contributed by atoms with Crippen LogP contribution in [0.25, 0.3) is 0 Å². The molecule has 1 aliphatic heterocycles. The summed E-state index contributed by atoms with van der Waals surface area (Å²) in [6, 6.07) is 0. The van der Waals surface area contributed by atoms with Gasteiger partial charge in [0.25, 0.3) is 0 Å². The Morgan fingerprint density at radius 1 is 1.54 bits per heavy atom. The summed E-state index contributed by atoms with van der Waals surface area (Å²) in [5.74, 6) is -2.23. The van der Waals surface area contributed by atoms with E-state index in [4.69, 9.17) is 5.11 Å². The van der Waals surface area contributed by atoms with Crippen molar-refractivity contribution in [3.63, 3.8) is 0 Å². The Balaban J connectivity index is 2.86. The second-order valence-corrected chi connectivity index (χ2v) is 4.12. The molecule has 1 heterocycles. The highest BCUT2D eigenvalue weighted by Crippen LogP contribution is 2.51. The van der Waals surface area contributed by atoms with Gasteiger partial charge in [0.15, 0.2) is 0 Å². The maximum Gasteiger partial charge on any atom is 0.370 e. The Morgan fingerprint density at radius 2 is 2.00 bits per heavy atom. The molecule has 4 heteroatoms. The van der Waals surface area contributed by atoms with Gasteiger partial charge in [-0.15, -0.1) is 0 Å². The van der Waals surface area contributed by atoms with Gasteiger partial charge in [0.2, 0.25) is 0 Å². The van der Waals surface area contributed by atoms with Gasteiger partial charge in [-0.3, -0.25) is 0 Å². The first-order chi connectivity index (χ1) is 5.88. The van der Waals surface area contributed by atoms with Crippen molar-refractivity contribution in [1.29, 1.82) is 0 Å². The molecule has 0 spiro atoms. The summed E-state index contributed by atoms with van der Waals surface area (Å²) in [5.41, 5.74) is -0.506. The molecule has 0 aromatic carbocycles. The smallest absolute Gasteiger partial charge is 0.370 e. The maximum atomic E-state index is 10.9. The van der Waals surface area contributed by atoms with E-state index in [1.165, 1.54) is 0 Å². The molecular weight excluding hydrogens is 172 g/mol. The first-order valence-corrected chi connectivity index (χ1v) is 4.48. The molecule has 1 unspecified atom stereocenters. The summed E-state index contributed by atoms with van der Waals surface area (Å²) < 4.78 is 0. The van der Waals surface area contributed by atoms with Crippen molar-refractivity contribution >= 4 is 5.97 Å². The Kier molecular flexibility index (Phi) is 2.38. The number of aliphatic carboxylic acids is 1. The molecule has 1 saturated heterocycles. The van der Waals surface area contributed by atoms with Crippen molar-refractivity contribution in [3.05, 3.63) is 0 Å². The number of hydrogen-bond donors (Lipinski definition) is 1. The molecule has 76 valence electrons. The average molecular weight is 188 g/mol. The fourth-order valence-corrected chi connectivity index (χ4v) is 1.44. The van der Waals surface area contributed by atoms with Crippen LogP contribution in [-0.4, -0.2) is 16.9 Å². The predicted octanol–water partition coefficient (Wildman–Crippen LogP) is 1.80. The lowest BCUT2D eigenvalue weighted by Crippen LogP contribution is -2.44. The number of carbonyl (C=O) groups is 1. The van der Waals surface area contributed by atoms with Gasteiger partial charge in [-0.1, -0.05) is 34.1 Å². The Hall–Kier alpha value is -0.610. The monoisotopic (exact) mass is 188 g/mol. The first-order valence-electron chi connectivity index (χ1n) is 4.48. The molecule has 1 N–H and O–H groups in total. The van der Waals surface area contributed by atoms with E-state index >= 15 is 0 Å². The molecule has 1 aliphatic rings. The van der Waals surface area contributed by atoms with Crippen LogP contribution in [0.15, 0.2) is 0 Å². The number of carboxylic acids is 1. The first kappa shape index (κ1) is 10.5. The molecule has 13 heavy (non-hydrogen) atoms. The summed E-state index contributed by atoms with van der Waals surface area (Å²) in [4.78, 5) is 20.2. The van der Waals surface area contributed by atoms with Crippen LogP contribution in [0, 0.1) is 11.3 Å². The minimum absolute atomic E-state index is 0.228. The average Bonchev–Trinajstić information content (AvgIpc) is 2.82. The maximum absolute atomic E-state index is 10.9. The van der Waals surface area contributed by atoms with E-state index in [2.05, 4.69) is 9.78 Å². The highest BCUT2D eigenvalue weighted by molar-refractivity contribution is 5.78. The molecule has 0 aromatic rings. The molecule has 0 radical (unpaired) electrons. The summed E-state index contributed by atoms with van der Waals surface area (Å²) in [6.45, 7) is 7.71. The number of rotatable bonds is 4. The topological polar surface area (TPSA) is 62.4 Å². The zero-order valence-corrected chi connectivity index (χ0v) is 8.46. The van der Waals surface area contributed by atoms with Gasteiger partial charge in [-0.05, 0) is 5.92 Å². The molecule has 1 fully saturated rings. The van der Waals surface area contributed by atoms with E-state index in [-0.39, 0.29) is 5.92 Å². The van der Waals surface area contributed by atoms with E-state index in [9.17, 15) is 4.79 Å². The predicted molar refractivity (Wildman–Crippen MR) is 45.8 cm³/mol. The van der Waals surface area contributed by atoms with Crippen molar-refractivity contribution < 1.29 is 19.7 Å². The minimum atomic E-state index is -1.41. The van der Waals surface area contributed by atoms with Crippen LogP contribution in [0.3, 0.4) is 0 Å². The molecule has 0 amide bonds. The van der Waals surface area contributed by atoms with Gasteiger partial charge in [0.05, 0.1) is 0 Å². The molecule has 4 nitrogen and oxygen atoms in total. The largest absolute Gasteiger partial charge is 0.477 e. The molecule has 0 saturated carbocycles. The standard InChI is InChI=1S/C9H16O4/c1-5-6(2)8(3,4)9(7(10)11)12-13-9/h6H,5H2,1-4H3,(H,10,11). The van der Waals surface area contributed by atoms with E-state index < -0.39 is 17.2 Å². The minimum Gasteiger partial charge on any atom is -0.477 e. The highest BCUT2D eigenvalue weighted by Gasteiger charge is 2.68. The van der Waals surface area contributed by atoms with Crippen LogP contribution in [0.2, 0.25) is 0 Å². The van der Waals surface area contributed by atoms with E-state index in [1.54, 1.807) is 0 Å². The Bertz CT molecular complexity index is 218. The molecule has 0 aliphatic carbocycles. The highest BCUT2D eigenvalue weighted by atomic mass is 17.4. The van der Waals surface area contributed by atoms with Gasteiger partial charge in [-0.2, -0.15) is 9.78 Å². The molecule has 1 rings (SSSR count). The molecular formula is C9H16O4. The quantitative estimate of drug-likeness (QED) is 0.539. The lowest BCUT2D eigenvalue weighted by atomic mass is 9.72. The van der Waals surface area contributed by atoms with Gasteiger partial charge < -0.3 is 5.11 Å². The molecule has 0 bridgehead atoms. The summed E-state index contributed by atoms with van der Waals surface area (Å²) in [7, 11) is 0. The Labute approximate surface area is 77.8 Å². The number of carboxylic acid groups (broad SMARTS) is 1. The van der Waals surface area contributed by atoms with Crippen LogP contribution in [0.4, 0.5) is 0 Å². The fraction of sp³-hybridized carbons (Fsp3) is 0.889. The van der Waals surface area contributed by atoms with Crippen molar-refractivity contribution in [3.8, 4) is 0 Å². The lowest BCUT2D eigenvalue weighted by Gasteiger charge is -2.31. The van der Waals surface area contributed by atoms with Crippen molar-refractivity contribution in [2.75, 3.05) is 0 Å². The third-order valence-corrected chi connectivity index (χ3v) is 3.22. The SMILES string of the molecule is CCC(C)C(C)(C)C1(C(=O)O)OO1. The van der Waals surface area contributed by atoms with Crippen molar-refractivity contribution in [1.82, 2.24) is 0 Å². The van der Waals surface area contributed by atoms with Crippen LogP contribution in [0.1, 0.15) is 34.1 Å². The van der Waals surface area contributed by atoms with Crippen LogP contribution < -0.4 is 0 Å². The van der Waals surface area contributed by atoms with E-state index in [0.29, 0.717) is 0 Å². The van der Waals surface area contributed by atoms with Crippen molar-refractivity contribution in [2.45, 2.75) is 39.9 Å². The van der Waals surface area contributed by atoms with Crippen LogP contribution in [-0.2, 0) is 14.6 Å². The van der Waals surface area contributed by atoms with Gasteiger partial charge in [0, 0.05) is 5.41 Å². The third-order valence-electron chi connectivity index (χ3n) is 3.22. The second kappa shape index (κ2) is 2.96. The van der Waals surface area contributed by atoms with Crippen LogP contribution >= 0.6 is 0 Å². The lowest BCUT2D eigenvalue weighted by molar-refractivity contribution is -0.151. The molecule has 1 atom stereocenters. The number of hydrogen-bond acceptors (Lipinski definition) is 3. The Morgan fingerprint density at radius 3 is 2.23 bits per heavy atom. The molecule has 0 aromatic heterocycles.